The molecule has 62 heavy (non-hydrogen) atoms. The van der Waals surface area contributed by atoms with Crippen LogP contribution in [0.25, 0.3) is 0 Å². The fourth-order valence-electron chi connectivity index (χ4n) is 7.38. The molecule has 332 valence electrons. The van der Waals surface area contributed by atoms with Gasteiger partial charge in [-0.3, -0.25) is 24.0 Å². The molecule has 15 nitrogen and oxygen atoms in total. The summed E-state index contributed by atoms with van der Waals surface area (Å²) in [5.74, 6) is -0.474. The van der Waals surface area contributed by atoms with Gasteiger partial charge in [0.2, 0.25) is 36.3 Å². The van der Waals surface area contributed by atoms with Crippen LogP contribution >= 0.6 is 0 Å². The molecule has 0 bridgehead atoms. The van der Waals surface area contributed by atoms with Gasteiger partial charge in [0.05, 0.1) is 20.2 Å². The number of hydrogen-bond acceptors (Lipinski definition) is 10. The Morgan fingerprint density at radius 2 is 1.53 bits per heavy atom. The summed E-state index contributed by atoms with van der Waals surface area (Å²) in [5, 5.41) is 8.71. The first-order valence-electron chi connectivity index (χ1n) is 21.2. The third-order valence-electron chi connectivity index (χ3n) is 11.2. The highest BCUT2D eigenvalue weighted by Crippen LogP contribution is 2.33. The number of ether oxygens (including phenoxy) is 3. The number of likely N-dealkylation sites (N-methyl/N-ethyl adjacent to an activating group) is 1. The fraction of sp³-hybridized carbons (Fsp3) is 0.426. The first-order chi connectivity index (χ1) is 30.0. The van der Waals surface area contributed by atoms with Gasteiger partial charge < -0.3 is 50.6 Å². The molecule has 0 saturated heterocycles. The Hall–Kier alpha value is -6.19. The number of carbonyl (C=O) groups excluding carboxylic acids is 5. The standard InChI is InChI=1S/C47H61N7O8/c1-33(37-13-7-5-8-14-37)50-26-44(56)53(28-36-20-23-41-42(25-36)62-32-61-41)30-46(58)54(34(2)38-15-9-6-10-16-38)31-45(57)52(27-35-18-21-39(60-4)22-19-35)29-43(55)51-40(47(59)49-3)17-11-12-24-48/h5-10,13-15,18-23,25,33-34,38,40,50H,11-12,16-17,24,26-32,48H2,1-4H3,(H,49,59)(H,51,55). The summed E-state index contributed by atoms with van der Waals surface area (Å²) in [4.78, 5) is 74.3. The van der Waals surface area contributed by atoms with Gasteiger partial charge in [-0.25, -0.2) is 0 Å². The second-order valence-electron chi connectivity index (χ2n) is 15.5. The number of benzene rings is 3. The maximum Gasteiger partial charge on any atom is 0.242 e. The smallest absolute Gasteiger partial charge is 0.242 e. The maximum atomic E-state index is 14.8. The molecule has 3 aromatic carbocycles. The number of allylic oxidation sites excluding steroid dienone is 3. The lowest BCUT2D eigenvalue weighted by Crippen LogP contribution is -2.54. The van der Waals surface area contributed by atoms with Crippen molar-refractivity contribution in [2.45, 2.75) is 70.7 Å². The monoisotopic (exact) mass is 851 g/mol. The predicted octanol–water partition coefficient (Wildman–Crippen LogP) is 3.84. The van der Waals surface area contributed by atoms with E-state index in [2.05, 4.69) is 16.0 Å². The molecule has 0 spiro atoms. The molecule has 0 saturated carbocycles. The first kappa shape index (κ1) is 46.9. The number of nitrogens with two attached hydrogens (primary N) is 1. The van der Waals surface area contributed by atoms with E-state index in [4.69, 9.17) is 19.9 Å². The number of rotatable bonds is 23. The Labute approximate surface area is 364 Å². The normalized spacial score (nSPS) is 15.2. The van der Waals surface area contributed by atoms with Crippen molar-refractivity contribution < 1.29 is 38.2 Å². The molecule has 15 heteroatoms. The van der Waals surface area contributed by atoms with Crippen LogP contribution in [0.5, 0.6) is 17.2 Å². The molecule has 1 heterocycles. The van der Waals surface area contributed by atoms with E-state index in [1.807, 2.05) is 74.5 Å². The van der Waals surface area contributed by atoms with E-state index in [9.17, 15) is 24.0 Å². The molecule has 0 fully saturated rings. The molecule has 4 unspecified atom stereocenters. The Kier molecular flexibility index (Phi) is 17.9. The number of hydrogen-bond donors (Lipinski definition) is 4. The van der Waals surface area contributed by atoms with E-state index in [0.29, 0.717) is 49.5 Å². The van der Waals surface area contributed by atoms with E-state index in [1.54, 1.807) is 43.5 Å². The van der Waals surface area contributed by atoms with E-state index >= 15 is 0 Å². The van der Waals surface area contributed by atoms with Crippen molar-refractivity contribution in [1.29, 1.82) is 0 Å². The van der Waals surface area contributed by atoms with Crippen molar-refractivity contribution in [3.63, 3.8) is 0 Å². The van der Waals surface area contributed by atoms with Crippen LogP contribution in [-0.2, 0) is 37.1 Å². The lowest BCUT2D eigenvalue weighted by atomic mass is 9.92. The van der Waals surface area contributed by atoms with Gasteiger partial charge in [0.25, 0.3) is 0 Å². The molecule has 5 amide bonds. The van der Waals surface area contributed by atoms with Gasteiger partial charge in [0.15, 0.2) is 11.5 Å². The summed E-state index contributed by atoms with van der Waals surface area (Å²) in [5.41, 5.74) is 8.14. The average molecular weight is 852 g/mol. The number of nitrogens with one attached hydrogen (secondary N) is 3. The van der Waals surface area contributed by atoms with Gasteiger partial charge >= 0.3 is 0 Å². The molecule has 2 aliphatic rings. The zero-order valence-electron chi connectivity index (χ0n) is 36.2. The lowest BCUT2D eigenvalue weighted by molar-refractivity contribution is -0.147. The van der Waals surface area contributed by atoms with Gasteiger partial charge in [-0.15, -0.1) is 0 Å². The van der Waals surface area contributed by atoms with E-state index < -0.39 is 29.8 Å². The van der Waals surface area contributed by atoms with E-state index in [0.717, 1.165) is 16.7 Å². The molecular weight excluding hydrogens is 791 g/mol. The van der Waals surface area contributed by atoms with Crippen LogP contribution in [0, 0.1) is 5.92 Å². The number of unbranched alkanes of at least 4 members (excludes halogenated alkanes) is 1. The highest BCUT2D eigenvalue weighted by molar-refractivity contribution is 5.92. The van der Waals surface area contributed by atoms with Crippen LogP contribution < -0.4 is 35.9 Å². The van der Waals surface area contributed by atoms with Gasteiger partial charge in [0, 0.05) is 38.1 Å². The number of nitrogens with zero attached hydrogens (tertiary/aromatic N) is 3. The molecule has 4 atom stereocenters. The van der Waals surface area contributed by atoms with Crippen LogP contribution in [0.3, 0.4) is 0 Å². The third-order valence-corrected chi connectivity index (χ3v) is 11.2. The summed E-state index contributed by atoms with van der Waals surface area (Å²) in [6, 6.07) is 20.9. The quantitative estimate of drug-likeness (QED) is 0.102. The summed E-state index contributed by atoms with van der Waals surface area (Å²) in [7, 11) is 3.06. The zero-order valence-corrected chi connectivity index (χ0v) is 36.2. The predicted molar refractivity (Wildman–Crippen MR) is 236 cm³/mol. The minimum absolute atomic E-state index is 0.0382. The Morgan fingerprint density at radius 3 is 2.23 bits per heavy atom. The molecular formula is C47H61N7O8. The van der Waals surface area contributed by atoms with E-state index in [-0.39, 0.29) is 69.8 Å². The molecule has 0 aromatic heterocycles. The van der Waals surface area contributed by atoms with Crippen molar-refractivity contribution in [3.05, 3.63) is 114 Å². The minimum atomic E-state index is -0.820. The fourth-order valence-corrected chi connectivity index (χ4v) is 7.38. The maximum absolute atomic E-state index is 14.8. The van der Waals surface area contributed by atoms with E-state index in [1.165, 1.54) is 21.7 Å². The second kappa shape index (κ2) is 23.7. The van der Waals surface area contributed by atoms with Gasteiger partial charge in [-0.1, -0.05) is 72.8 Å². The molecule has 1 aliphatic heterocycles. The molecule has 0 radical (unpaired) electrons. The van der Waals surface area contributed by atoms with Gasteiger partial charge in [-0.05, 0) is 87.0 Å². The Bertz CT molecular complexity index is 2030. The third kappa shape index (κ3) is 13.7. The second-order valence-corrected chi connectivity index (χ2v) is 15.5. The van der Waals surface area contributed by atoms with Crippen LogP contribution in [0.2, 0.25) is 0 Å². The van der Waals surface area contributed by atoms with Gasteiger partial charge in [0.1, 0.15) is 24.9 Å². The summed E-state index contributed by atoms with van der Waals surface area (Å²) in [6.45, 7) is 3.41. The summed E-state index contributed by atoms with van der Waals surface area (Å²) < 4.78 is 16.4. The highest BCUT2D eigenvalue weighted by Gasteiger charge is 2.33. The van der Waals surface area contributed by atoms with Crippen LogP contribution in [0.15, 0.2) is 97.1 Å². The van der Waals surface area contributed by atoms with Gasteiger partial charge in [-0.2, -0.15) is 0 Å². The molecule has 5 rings (SSSR count). The van der Waals surface area contributed by atoms with Crippen molar-refractivity contribution in [2.24, 2.45) is 11.7 Å². The number of fused-ring (bicyclic) bond motifs is 1. The molecule has 3 aromatic rings. The topological polar surface area (TPSA) is 185 Å². The number of carbonyl (C=O) groups is 5. The first-order valence-corrected chi connectivity index (χ1v) is 21.2. The summed E-state index contributed by atoms with van der Waals surface area (Å²) in [6.07, 6.45) is 10.2. The average Bonchev–Trinajstić information content (AvgIpc) is 3.77. The zero-order chi connectivity index (χ0) is 44.4. The van der Waals surface area contributed by atoms with Crippen molar-refractivity contribution >= 4 is 29.5 Å². The highest BCUT2D eigenvalue weighted by atomic mass is 16.7. The van der Waals surface area contributed by atoms with Crippen LogP contribution in [0.1, 0.15) is 62.3 Å². The Balaban J connectivity index is 1.41. The number of amides is 5. The molecule has 5 N–H and O–H groups in total. The summed E-state index contributed by atoms with van der Waals surface area (Å²) >= 11 is 0. The molecule has 1 aliphatic carbocycles. The van der Waals surface area contributed by atoms with Crippen LogP contribution in [0.4, 0.5) is 0 Å². The lowest BCUT2D eigenvalue weighted by Gasteiger charge is -2.36. The number of methoxy groups -OCH3 is 1. The minimum Gasteiger partial charge on any atom is -0.497 e. The van der Waals surface area contributed by atoms with Crippen LogP contribution in [-0.4, -0.2) is 110 Å². The SMILES string of the molecule is CNC(=O)C(CCCCN)NC(=O)CN(Cc1ccc(OC)cc1)C(=O)CN(C(=O)CN(Cc1ccc2c(c1)OCO2)C(=O)CNC(C)c1ccccc1)C(C)C1C=CC=CC1. The van der Waals surface area contributed by atoms with Crippen molar-refractivity contribution in [1.82, 2.24) is 30.7 Å². The van der Waals surface area contributed by atoms with Crippen molar-refractivity contribution in [3.8, 4) is 17.2 Å². The largest absolute Gasteiger partial charge is 0.497 e. The van der Waals surface area contributed by atoms with Crippen molar-refractivity contribution in [2.75, 3.05) is 53.7 Å². The Morgan fingerprint density at radius 1 is 0.823 bits per heavy atom.